The zero-order valence-electron chi connectivity index (χ0n) is 30.6. The van der Waals surface area contributed by atoms with Gasteiger partial charge in [0.15, 0.2) is 0 Å². The Bertz CT molecular complexity index is 1660. The third-order valence-electron chi connectivity index (χ3n) is 9.95. The normalized spacial score (nSPS) is 15.8. The number of hydrogen-bond acceptors (Lipinski definition) is 6. The number of aryl methyl sites for hydroxylation is 2. The summed E-state index contributed by atoms with van der Waals surface area (Å²) in [5, 5.41) is 19.1. The lowest BCUT2D eigenvalue weighted by Gasteiger charge is -2.29. The van der Waals surface area contributed by atoms with Gasteiger partial charge >= 0.3 is 11.9 Å². The number of ether oxygens (including phenoxy) is 2. The molecule has 0 aliphatic heterocycles. The highest BCUT2D eigenvalue weighted by molar-refractivity contribution is 5.91. The Balaban J connectivity index is 1.84. The maximum absolute atomic E-state index is 13.0. The third-order valence-corrected chi connectivity index (χ3v) is 9.95. The van der Waals surface area contributed by atoms with Crippen LogP contribution in [0.2, 0.25) is 0 Å². The van der Waals surface area contributed by atoms with Crippen molar-refractivity contribution in [1.82, 2.24) is 0 Å². The summed E-state index contributed by atoms with van der Waals surface area (Å²) in [7, 11) is 0. The van der Waals surface area contributed by atoms with Gasteiger partial charge in [-0.15, -0.1) is 0 Å². The van der Waals surface area contributed by atoms with Gasteiger partial charge in [-0.2, -0.15) is 0 Å². The van der Waals surface area contributed by atoms with Crippen molar-refractivity contribution in [2.45, 2.75) is 111 Å². The van der Waals surface area contributed by atoms with E-state index in [0.29, 0.717) is 54.2 Å². The molecule has 2 N–H and O–H groups in total. The Labute approximate surface area is 299 Å². The van der Waals surface area contributed by atoms with Crippen molar-refractivity contribution >= 4 is 11.9 Å². The molecule has 3 aromatic carbocycles. The van der Waals surface area contributed by atoms with Crippen LogP contribution in [0.1, 0.15) is 113 Å². The van der Waals surface area contributed by atoms with E-state index in [1.807, 2.05) is 18.2 Å². The summed E-state index contributed by atoms with van der Waals surface area (Å²) < 4.78 is 11.8. The van der Waals surface area contributed by atoms with Gasteiger partial charge in [-0.25, -0.2) is 9.59 Å². The Kier molecular flexibility index (Phi) is 14.6. The zero-order chi connectivity index (χ0) is 36.2. The van der Waals surface area contributed by atoms with E-state index in [-0.39, 0.29) is 13.2 Å². The number of carbonyl (C=O) groups is 2. The average molecular weight is 681 g/mol. The minimum absolute atomic E-state index is 0.000146. The van der Waals surface area contributed by atoms with E-state index >= 15 is 0 Å². The van der Waals surface area contributed by atoms with Crippen LogP contribution >= 0.6 is 0 Å². The Morgan fingerprint density at radius 1 is 0.740 bits per heavy atom. The minimum Gasteiger partial charge on any atom is -0.423 e. The van der Waals surface area contributed by atoms with Gasteiger partial charge in [-0.1, -0.05) is 63.6 Å². The summed E-state index contributed by atoms with van der Waals surface area (Å²) in [6.45, 7) is 15.4. The fourth-order valence-electron chi connectivity index (χ4n) is 7.14. The number of carbonyl (C=O) groups excluding carboxylic acids is 2. The number of aliphatic hydroxyl groups is 2. The fourth-order valence-corrected chi connectivity index (χ4v) is 7.14. The van der Waals surface area contributed by atoms with E-state index in [4.69, 9.17) is 9.47 Å². The summed E-state index contributed by atoms with van der Waals surface area (Å²) in [5.41, 5.74) is 8.66. The van der Waals surface area contributed by atoms with Crippen LogP contribution in [-0.2, 0) is 22.4 Å². The second kappa shape index (κ2) is 18.8. The molecule has 0 spiro atoms. The lowest BCUT2D eigenvalue weighted by atomic mass is 9.76. The lowest BCUT2D eigenvalue weighted by Crippen LogP contribution is -2.13. The van der Waals surface area contributed by atoms with Crippen molar-refractivity contribution in [2.75, 3.05) is 13.2 Å². The molecule has 0 radical (unpaired) electrons. The van der Waals surface area contributed by atoms with E-state index in [2.05, 4.69) is 51.3 Å². The first kappa shape index (κ1) is 38.8. The summed E-state index contributed by atoms with van der Waals surface area (Å²) in [6, 6.07) is 16.7. The number of esters is 2. The Morgan fingerprint density at radius 3 is 2.04 bits per heavy atom. The van der Waals surface area contributed by atoms with Crippen LogP contribution in [0.25, 0.3) is 22.3 Å². The smallest absolute Gasteiger partial charge is 0.338 e. The summed E-state index contributed by atoms with van der Waals surface area (Å²) in [4.78, 5) is 25.5. The summed E-state index contributed by atoms with van der Waals surface area (Å²) in [5.74, 6) is 1.36. The number of rotatable bonds is 17. The minimum atomic E-state index is -0.503. The molecule has 0 aromatic heterocycles. The van der Waals surface area contributed by atoms with Gasteiger partial charge < -0.3 is 19.7 Å². The molecule has 0 saturated heterocycles. The molecule has 1 aliphatic rings. The fraction of sp³-hybridized carbons (Fsp3) is 0.455. The van der Waals surface area contributed by atoms with Crippen LogP contribution in [0.3, 0.4) is 0 Å². The van der Waals surface area contributed by atoms with E-state index in [1.54, 1.807) is 19.9 Å². The van der Waals surface area contributed by atoms with Crippen LogP contribution in [0.5, 0.6) is 11.5 Å². The summed E-state index contributed by atoms with van der Waals surface area (Å²) >= 11 is 0. The largest absolute Gasteiger partial charge is 0.423 e. The number of aliphatic hydroxyl groups excluding tert-OH is 2. The van der Waals surface area contributed by atoms with Crippen LogP contribution in [0.4, 0.5) is 0 Å². The van der Waals surface area contributed by atoms with Crippen molar-refractivity contribution in [3.05, 3.63) is 95.1 Å². The first-order valence-corrected chi connectivity index (χ1v) is 18.4. The van der Waals surface area contributed by atoms with Crippen LogP contribution in [0.15, 0.2) is 72.8 Å². The first-order valence-electron chi connectivity index (χ1n) is 18.4. The van der Waals surface area contributed by atoms with Crippen molar-refractivity contribution in [2.24, 2.45) is 5.92 Å². The van der Waals surface area contributed by atoms with Gasteiger partial charge in [0.05, 0.1) is 0 Å². The molecule has 0 atom stereocenters. The molecular formula is C44H56O6. The highest BCUT2D eigenvalue weighted by Gasteiger charge is 2.24. The standard InChI is InChI=1S/C44H56O6/c1-7-12-32-15-17-33(18-16-32)34-19-21-38(31(6)25-34)37-27-40(39(14-9-8-10-23-45)42(28-37)50-44(48)30(4)5)35-20-22-41(49-43(47)29(2)3)36(26-35)13-11-24-46/h19-22,25-28,32-33,45-46H,2,4,7-18,23-24H2,1,3,5-6H3. The monoisotopic (exact) mass is 680 g/mol. The predicted octanol–water partition coefficient (Wildman–Crippen LogP) is 10.00. The molecular weight excluding hydrogens is 624 g/mol. The highest BCUT2D eigenvalue weighted by atomic mass is 16.5. The topological polar surface area (TPSA) is 93.1 Å². The third kappa shape index (κ3) is 10.3. The van der Waals surface area contributed by atoms with Crippen molar-refractivity contribution in [3.8, 4) is 33.8 Å². The molecule has 50 heavy (non-hydrogen) atoms. The van der Waals surface area contributed by atoms with Gasteiger partial charge in [0.2, 0.25) is 0 Å². The van der Waals surface area contributed by atoms with E-state index in [0.717, 1.165) is 52.1 Å². The molecule has 1 saturated carbocycles. The molecule has 0 bridgehead atoms. The molecule has 3 aromatic rings. The number of unbranched alkanes of at least 4 members (excludes halogenated alkanes) is 2. The second-order valence-corrected chi connectivity index (χ2v) is 14.1. The molecule has 0 amide bonds. The van der Waals surface area contributed by atoms with E-state index in [9.17, 15) is 19.8 Å². The molecule has 4 rings (SSSR count). The van der Waals surface area contributed by atoms with Gasteiger partial charge in [0.1, 0.15) is 11.5 Å². The van der Waals surface area contributed by atoms with Crippen molar-refractivity contribution in [1.29, 1.82) is 0 Å². The molecule has 6 nitrogen and oxygen atoms in total. The van der Waals surface area contributed by atoms with Crippen molar-refractivity contribution in [3.63, 3.8) is 0 Å². The molecule has 0 unspecified atom stereocenters. The average Bonchev–Trinajstić information content (AvgIpc) is 3.10. The highest BCUT2D eigenvalue weighted by Crippen LogP contribution is 2.42. The molecule has 0 heterocycles. The SMILES string of the molecule is C=C(C)C(=O)Oc1ccc(-c2cc(-c3ccc(C4CCC(CCC)CC4)cc3C)cc(OC(=O)C(=C)C)c2CCCCCO)cc1CCCO. The van der Waals surface area contributed by atoms with E-state index in [1.165, 1.54) is 49.7 Å². The van der Waals surface area contributed by atoms with Crippen molar-refractivity contribution < 1.29 is 29.3 Å². The van der Waals surface area contributed by atoms with E-state index < -0.39 is 11.9 Å². The van der Waals surface area contributed by atoms with Crippen LogP contribution < -0.4 is 9.47 Å². The number of benzene rings is 3. The Hall–Kier alpha value is -4.00. The second-order valence-electron chi connectivity index (χ2n) is 14.1. The zero-order valence-corrected chi connectivity index (χ0v) is 30.6. The maximum atomic E-state index is 13.0. The Morgan fingerprint density at radius 2 is 1.42 bits per heavy atom. The molecule has 1 aliphatic carbocycles. The molecule has 1 fully saturated rings. The molecule has 6 heteroatoms. The predicted molar refractivity (Wildman–Crippen MR) is 203 cm³/mol. The molecule has 268 valence electrons. The van der Waals surface area contributed by atoms with Gasteiger partial charge in [0.25, 0.3) is 0 Å². The van der Waals surface area contributed by atoms with Gasteiger partial charge in [-0.3, -0.25) is 0 Å². The first-order chi connectivity index (χ1) is 24.1. The maximum Gasteiger partial charge on any atom is 0.338 e. The van der Waals surface area contributed by atoms with Gasteiger partial charge in [0, 0.05) is 29.9 Å². The summed E-state index contributed by atoms with van der Waals surface area (Å²) in [6.07, 6.45) is 11.6. The van der Waals surface area contributed by atoms with Gasteiger partial charge in [-0.05, 0) is 154 Å². The number of hydrogen-bond donors (Lipinski definition) is 2. The van der Waals surface area contributed by atoms with Crippen LogP contribution in [0, 0.1) is 12.8 Å². The lowest BCUT2D eigenvalue weighted by molar-refractivity contribution is -0.131. The quantitative estimate of drug-likeness (QED) is 0.0638. The van der Waals surface area contributed by atoms with Crippen LogP contribution in [-0.4, -0.2) is 35.4 Å².